The summed E-state index contributed by atoms with van der Waals surface area (Å²) < 4.78 is 5.40. The van der Waals surface area contributed by atoms with E-state index in [1.807, 2.05) is 32.0 Å². The Labute approximate surface area is 95.8 Å². The second-order valence-corrected chi connectivity index (χ2v) is 4.38. The Kier molecular flexibility index (Phi) is 3.25. The minimum absolute atomic E-state index is 0.142. The van der Waals surface area contributed by atoms with E-state index in [4.69, 9.17) is 4.74 Å². The summed E-state index contributed by atoms with van der Waals surface area (Å²) in [6, 6.07) is 6.02. The quantitative estimate of drug-likeness (QED) is 0.785. The summed E-state index contributed by atoms with van der Waals surface area (Å²) >= 11 is 0. The Morgan fingerprint density at radius 1 is 1.50 bits per heavy atom. The number of hydrogen-bond acceptors (Lipinski definition) is 3. The summed E-state index contributed by atoms with van der Waals surface area (Å²) in [6.45, 7) is 5.20. The molecule has 3 heteroatoms. The van der Waals surface area contributed by atoms with Crippen LogP contribution in [0.15, 0.2) is 18.2 Å². The maximum absolute atomic E-state index is 11.8. The molecule has 0 bridgehead atoms. The Hall–Kier alpha value is -1.35. The van der Waals surface area contributed by atoms with Gasteiger partial charge in [0.05, 0.1) is 13.2 Å². The third-order valence-electron chi connectivity index (χ3n) is 2.68. The summed E-state index contributed by atoms with van der Waals surface area (Å²) in [5.74, 6) is 1.07. The van der Waals surface area contributed by atoms with Crippen LogP contribution in [-0.4, -0.2) is 25.0 Å². The lowest BCUT2D eigenvalue weighted by Crippen LogP contribution is -2.29. The van der Waals surface area contributed by atoms with Crippen molar-refractivity contribution in [3.05, 3.63) is 29.3 Å². The molecule has 1 aliphatic rings. The fourth-order valence-electron chi connectivity index (χ4n) is 1.76. The second-order valence-electron chi connectivity index (χ2n) is 4.38. The summed E-state index contributed by atoms with van der Waals surface area (Å²) in [7, 11) is 0. The summed E-state index contributed by atoms with van der Waals surface area (Å²) in [4.78, 5) is 11.8. The predicted molar refractivity (Wildman–Crippen MR) is 63.1 cm³/mol. The normalized spacial score (nSPS) is 13.7. The van der Waals surface area contributed by atoms with Crippen molar-refractivity contribution in [3.63, 3.8) is 0 Å². The van der Waals surface area contributed by atoms with E-state index in [2.05, 4.69) is 5.32 Å². The van der Waals surface area contributed by atoms with Crippen LogP contribution in [0.25, 0.3) is 0 Å². The van der Waals surface area contributed by atoms with Crippen LogP contribution in [0.3, 0.4) is 0 Å². The van der Waals surface area contributed by atoms with Gasteiger partial charge < -0.3 is 10.1 Å². The third kappa shape index (κ3) is 2.42. The number of fused-ring (bicyclic) bond motifs is 1. The van der Waals surface area contributed by atoms with Crippen molar-refractivity contribution in [1.29, 1.82) is 0 Å². The fraction of sp³-hybridized carbons (Fsp3) is 0.462. The smallest absolute Gasteiger partial charge is 0.176 e. The molecule has 0 amide bonds. The lowest BCUT2D eigenvalue weighted by molar-refractivity contribution is 0.0988. The molecular weight excluding hydrogens is 202 g/mol. The molecular formula is C13H17NO2. The molecule has 3 nitrogen and oxygen atoms in total. The van der Waals surface area contributed by atoms with Gasteiger partial charge in [0.2, 0.25) is 0 Å². The van der Waals surface area contributed by atoms with Gasteiger partial charge in [-0.15, -0.1) is 0 Å². The SMILES string of the molecule is CC(C)NCC(=O)c1ccc2c(c1)CCO2. The number of carbonyl (C=O) groups is 1. The van der Waals surface area contributed by atoms with E-state index in [0.717, 1.165) is 29.9 Å². The molecule has 0 radical (unpaired) electrons. The zero-order valence-corrected chi connectivity index (χ0v) is 9.75. The highest BCUT2D eigenvalue weighted by Gasteiger charge is 2.14. The van der Waals surface area contributed by atoms with E-state index in [-0.39, 0.29) is 5.78 Å². The number of rotatable bonds is 4. The number of ether oxygens (including phenoxy) is 1. The first-order valence-corrected chi connectivity index (χ1v) is 5.69. The zero-order chi connectivity index (χ0) is 11.5. The third-order valence-corrected chi connectivity index (χ3v) is 2.68. The van der Waals surface area contributed by atoms with Gasteiger partial charge in [-0.1, -0.05) is 13.8 Å². The lowest BCUT2D eigenvalue weighted by Gasteiger charge is -2.07. The highest BCUT2D eigenvalue weighted by molar-refractivity contribution is 5.98. The standard InChI is InChI=1S/C13H17NO2/c1-9(2)14-8-12(15)10-3-4-13-11(7-10)5-6-16-13/h3-4,7,9,14H,5-6,8H2,1-2H3. The van der Waals surface area contributed by atoms with Gasteiger partial charge in [-0.05, 0) is 23.8 Å². The molecule has 0 atom stereocenters. The van der Waals surface area contributed by atoms with Gasteiger partial charge in [-0.3, -0.25) is 4.79 Å². The zero-order valence-electron chi connectivity index (χ0n) is 9.75. The van der Waals surface area contributed by atoms with Crippen LogP contribution in [0.4, 0.5) is 0 Å². The Morgan fingerprint density at radius 2 is 2.31 bits per heavy atom. The second kappa shape index (κ2) is 4.66. The minimum Gasteiger partial charge on any atom is -0.493 e. The van der Waals surface area contributed by atoms with E-state index >= 15 is 0 Å². The van der Waals surface area contributed by atoms with Crippen LogP contribution in [-0.2, 0) is 6.42 Å². The van der Waals surface area contributed by atoms with Crippen LogP contribution in [0, 0.1) is 0 Å². The number of nitrogens with one attached hydrogen (secondary N) is 1. The molecule has 1 aromatic rings. The van der Waals surface area contributed by atoms with Crippen LogP contribution >= 0.6 is 0 Å². The highest BCUT2D eigenvalue weighted by Crippen LogP contribution is 2.25. The van der Waals surface area contributed by atoms with Crippen LogP contribution in [0.1, 0.15) is 29.8 Å². The molecule has 0 spiro atoms. The van der Waals surface area contributed by atoms with Crippen LogP contribution < -0.4 is 10.1 Å². The molecule has 1 aromatic carbocycles. The van der Waals surface area contributed by atoms with Crippen molar-refractivity contribution in [3.8, 4) is 5.75 Å². The Balaban J connectivity index is 2.06. The molecule has 0 fully saturated rings. The monoisotopic (exact) mass is 219 g/mol. The first-order chi connectivity index (χ1) is 7.66. The lowest BCUT2D eigenvalue weighted by atomic mass is 10.1. The molecule has 0 aromatic heterocycles. The molecule has 1 N–H and O–H groups in total. The van der Waals surface area contributed by atoms with Gasteiger partial charge in [0.1, 0.15) is 5.75 Å². The molecule has 0 aliphatic carbocycles. The number of carbonyl (C=O) groups excluding carboxylic acids is 1. The van der Waals surface area contributed by atoms with E-state index in [9.17, 15) is 4.79 Å². The predicted octanol–water partition coefficient (Wildman–Crippen LogP) is 1.80. The van der Waals surface area contributed by atoms with E-state index in [1.54, 1.807) is 0 Å². The van der Waals surface area contributed by atoms with Gasteiger partial charge in [-0.2, -0.15) is 0 Å². The molecule has 0 saturated carbocycles. The minimum atomic E-state index is 0.142. The molecule has 0 unspecified atom stereocenters. The van der Waals surface area contributed by atoms with Crippen molar-refractivity contribution in [1.82, 2.24) is 5.32 Å². The topological polar surface area (TPSA) is 38.3 Å². The molecule has 2 rings (SSSR count). The fourth-order valence-corrected chi connectivity index (χ4v) is 1.76. The van der Waals surface area contributed by atoms with Crippen molar-refractivity contribution in [2.75, 3.05) is 13.2 Å². The maximum Gasteiger partial charge on any atom is 0.176 e. The maximum atomic E-state index is 11.8. The average Bonchev–Trinajstić information content (AvgIpc) is 2.72. The van der Waals surface area contributed by atoms with Crippen molar-refractivity contribution in [2.45, 2.75) is 26.3 Å². The number of benzene rings is 1. The van der Waals surface area contributed by atoms with Crippen molar-refractivity contribution in [2.24, 2.45) is 0 Å². The van der Waals surface area contributed by atoms with E-state index < -0.39 is 0 Å². The molecule has 1 heterocycles. The highest BCUT2D eigenvalue weighted by atomic mass is 16.5. The van der Waals surface area contributed by atoms with Gasteiger partial charge in [0.15, 0.2) is 5.78 Å². The molecule has 86 valence electrons. The van der Waals surface area contributed by atoms with Gasteiger partial charge in [-0.25, -0.2) is 0 Å². The first kappa shape index (κ1) is 11.1. The molecule has 16 heavy (non-hydrogen) atoms. The number of ketones is 1. The summed E-state index contributed by atoms with van der Waals surface area (Å²) in [5, 5.41) is 3.13. The van der Waals surface area contributed by atoms with Crippen LogP contribution in [0.5, 0.6) is 5.75 Å². The Morgan fingerprint density at radius 3 is 3.06 bits per heavy atom. The van der Waals surface area contributed by atoms with Crippen molar-refractivity contribution >= 4 is 5.78 Å². The van der Waals surface area contributed by atoms with Gasteiger partial charge in [0.25, 0.3) is 0 Å². The molecule has 0 saturated heterocycles. The van der Waals surface area contributed by atoms with E-state index in [0.29, 0.717) is 12.6 Å². The Bertz CT molecular complexity index is 399. The largest absolute Gasteiger partial charge is 0.493 e. The number of hydrogen-bond donors (Lipinski definition) is 1. The number of Topliss-reactive ketones (excluding diaryl/α,β-unsaturated/α-hetero) is 1. The van der Waals surface area contributed by atoms with E-state index in [1.165, 1.54) is 0 Å². The van der Waals surface area contributed by atoms with Gasteiger partial charge in [0, 0.05) is 18.0 Å². The van der Waals surface area contributed by atoms with Crippen molar-refractivity contribution < 1.29 is 9.53 Å². The van der Waals surface area contributed by atoms with Crippen LogP contribution in [0.2, 0.25) is 0 Å². The van der Waals surface area contributed by atoms with Gasteiger partial charge >= 0.3 is 0 Å². The first-order valence-electron chi connectivity index (χ1n) is 5.69. The average molecular weight is 219 g/mol. The summed E-state index contributed by atoms with van der Waals surface area (Å²) in [6.07, 6.45) is 0.911. The summed E-state index contributed by atoms with van der Waals surface area (Å²) in [5.41, 5.74) is 1.92. The molecule has 1 aliphatic heterocycles.